The second-order valence-corrected chi connectivity index (χ2v) is 4.57. The number of nitrogens with zero attached hydrogens (tertiary/aromatic N) is 2. The molecule has 0 saturated heterocycles. The number of hydrogen-bond acceptors (Lipinski definition) is 3. The minimum Gasteiger partial charge on any atom is -0.369 e. The van der Waals surface area contributed by atoms with Gasteiger partial charge in [-0.25, -0.2) is 4.98 Å². The molecule has 18 heavy (non-hydrogen) atoms. The molecular formula is C12H16F3N3. The molecule has 1 fully saturated rings. The standard InChI is InChI=1S/C12H16F3N3/c1-18(10-3-4-10)7-6-16-11-5-2-9(8-17-11)12(13,14)15/h2,5,8,10H,3-4,6-7H2,1H3,(H,16,17). The molecule has 0 atom stereocenters. The summed E-state index contributed by atoms with van der Waals surface area (Å²) in [5.74, 6) is 0.479. The van der Waals surface area contributed by atoms with Gasteiger partial charge in [0.25, 0.3) is 0 Å². The number of pyridine rings is 1. The molecule has 0 bridgehead atoms. The summed E-state index contributed by atoms with van der Waals surface area (Å²) in [7, 11) is 2.06. The second-order valence-electron chi connectivity index (χ2n) is 4.57. The van der Waals surface area contributed by atoms with Gasteiger partial charge in [-0.05, 0) is 32.0 Å². The van der Waals surface area contributed by atoms with E-state index < -0.39 is 11.7 Å². The van der Waals surface area contributed by atoms with Crippen LogP contribution in [0.15, 0.2) is 18.3 Å². The fraction of sp³-hybridized carbons (Fsp3) is 0.583. The van der Waals surface area contributed by atoms with Crippen molar-refractivity contribution in [2.24, 2.45) is 0 Å². The maximum absolute atomic E-state index is 12.3. The van der Waals surface area contributed by atoms with Crippen molar-refractivity contribution in [1.82, 2.24) is 9.88 Å². The van der Waals surface area contributed by atoms with Crippen LogP contribution in [-0.4, -0.2) is 36.1 Å². The Morgan fingerprint density at radius 1 is 1.39 bits per heavy atom. The van der Waals surface area contributed by atoms with Crippen LogP contribution in [0, 0.1) is 0 Å². The highest BCUT2D eigenvalue weighted by molar-refractivity contribution is 5.36. The zero-order valence-corrected chi connectivity index (χ0v) is 10.2. The fourth-order valence-corrected chi connectivity index (χ4v) is 1.72. The third-order valence-corrected chi connectivity index (χ3v) is 3.03. The molecule has 0 radical (unpaired) electrons. The Hall–Kier alpha value is -1.30. The summed E-state index contributed by atoms with van der Waals surface area (Å²) in [6.07, 6.45) is -0.977. The minimum absolute atomic E-state index is 0.479. The number of hydrogen-bond donors (Lipinski definition) is 1. The maximum Gasteiger partial charge on any atom is 0.417 e. The Balaban J connectivity index is 1.79. The molecule has 1 saturated carbocycles. The van der Waals surface area contributed by atoms with Crippen LogP contribution in [0.5, 0.6) is 0 Å². The smallest absolute Gasteiger partial charge is 0.369 e. The normalized spacial score (nSPS) is 16.1. The van der Waals surface area contributed by atoms with Gasteiger partial charge in [0.2, 0.25) is 0 Å². The molecule has 1 aliphatic rings. The number of halogens is 3. The molecule has 1 aromatic rings. The molecule has 2 rings (SSSR count). The van der Waals surface area contributed by atoms with Crippen molar-refractivity contribution in [3.8, 4) is 0 Å². The molecule has 1 heterocycles. The van der Waals surface area contributed by atoms with Gasteiger partial charge >= 0.3 is 6.18 Å². The van der Waals surface area contributed by atoms with Crippen molar-refractivity contribution < 1.29 is 13.2 Å². The lowest BCUT2D eigenvalue weighted by Crippen LogP contribution is -2.27. The summed E-state index contributed by atoms with van der Waals surface area (Å²) < 4.78 is 36.9. The van der Waals surface area contributed by atoms with Crippen molar-refractivity contribution in [2.45, 2.75) is 25.1 Å². The molecule has 0 amide bonds. The molecule has 0 aliphatic heterocycles. The van der Waals surface area contributed by atoms with Gasteiger partial charge in [-0.1, -0.05) is 0 Å². The molecule has 1 aliphatic carbocycles. The largest absolute Gasteiger partial charge is 0.417 e. The number of anilines is 1. The summed E-state index contributed by atoms with van der Waals surface area (Å²) in [5.41, 5.74) is -0.719. The van der Waals surface area contributed by atoms with Crippen LogP contribution in [0.4, 0.5) is 19.0 Å². The summed E-state index contributed by atoms with van der Waals surface area (Å²) >= 11 is 0. The molecule has 0 spiro atoms. The number of likely N-dealkylation sites (N-methyl/N-ethyl adjacent to an activating group) is 1. The van der Waals surface area contributed by atoms with Crippen molar-refractivity contribution in [2.75, 3.05) is 25.5 Å². The number of alkyl halides is 3. The molecule has 1 N–H and O–H groups in total. The highest BCUT2D eigenvalue weighted by Crippen LogP contribution is 2.28. The van der Waals surface area contributed by atoms with Crippen molar-refractivity contribution >= 4 is 5.82 Å². The molecule has 0 aromatic carbocycles. The van der Waals surface area contributed by atoms with Crippen LogP contribution >= 0.6 is 0 Å². The average molecular weight is 259 g/mol. The Labute approximate surface area is 104 Å². The van der Waals surface area contributed by atoms with Gasteiger partial charge in [0.1, 0.15) is 5.82 Å². The molecule has 6 heteroatoms. The molecule has 100 valence electrons. The predicted molar refractivity (Wildman–Crippen MR) is 63.4 cm³/mol. The van der Waals surface area contributed by atoms with E-state index in [0.717, 1.165) is 18.8 Å². The molecular weight excluding hydrogens is 243 g/mol. The minimum atomic E-state index is -4.32. The van der Waals surface area contributed by atoms with Crippen LogP contribution < -0.4 is 5.32 Å². The summed E-state index contributed by atoms with van der Waals surface area (Å²) in [5, 5.41) is 3.02. The van der Waals surface area contributed by atoms with Crippen LogP contribution in [0.25, 0.3) is 0 Å². The Kier molecular flexibility index (Phi) is 3.75. The first kappa shape index (κ1) is 13.1. The van der Waals surface area contributed by atoms with Gasteiger partial charge in [-0.2, -0.15) is 13.2 Å². The van der Waals surface area contributed by atoms with Gasteiger partial charge in [-0.15, -0.1) is 0 Å². The highest BCUT2D eigenvalue weighted by atomic mass is 19.4. The molecule has 0 unspecified atom stereocenters. The van der Waals surface area contributed by atoms with Gasteiger partial charge in [-0.3, -0.25) is 0 Å². The van der Waals surface area contributed by atoms with Crippen LogP contribution in [0.3, 0.4) is 0 Å². The quantitative estimate of drug-likeness (QED) is 0.881. The predicted octanol–water partition coefficient (Wildman–Crippen LogP) is 2.61. The third-order valence-electron chi connectivity index (χ3n) is 3.03. The van der Waals surface area contributed by atoms with E-state index in [-0.39, 0.29) is 0 Å². The molecule has 1 aromatic heterocycles. The summed E-state index contributed by atoms with van der Waals surface area (Å²) in [6, 6.07) is 3.09. The lowest BCUT2D eigenvalue weighted by atomic mass is 10.3. The van der Waals surface area contributed by atoms with E-state index >= 15 is 0 Å². The Morgan fingerprint density at radius 3 is 2.61 bits per heavy atom. The summed E-state index contributed by atoms with van der Waals surface area (Å²) in [4.78, 5) is 6.00. The highest BCUT2D eigenvalue weighted by Gasteiger charge is 2.30. The number of aromatic nitrogens is 1. The monoisotopic (exact) mass is 259 g/mol. The first-order valence-electron chi connectivity index (χ1n) is 5.94. The lowest BCUT2D eigenvalue weighted by Gasteiger charge is -2.16. The lowest BCUT2D eigenvalue weighted by molar-refractivity contribution is -0.137. The van der Waals surface area contributed by atoms with Crippen molar-refractivity contribution in [1.29, 1.82) is 0 Å². The van der Waals surface area contributed by atoms with Crippen molar-refractivity contribution in [3.05, 3.63) is 23.9 Å². The van der Waals surface area contributed by atoms with Crippen LogP contribution in [0.2, 0.25) is 0 Å². The Morgan fingerprint density at radius 2 is 2.11 bits per heavy atom. The first-order chi connectivity index (χ1) is 8.47. The van der Waals surface area contributed by atoms with E-state index in [1.807, 2.05) is 0 Å². The Bertz CT molecular complexity index is 385. The average Bonchev–Trinajstić information content (AvgIpc) is 3.12. The number of rotatable bonds is 5. The second kappa shape index (κ2) is 5.14. The van der Waals surface area contributed by atoms with E-state index in [1.54, 1.807) is 0 Å². The topological polar surface area (TPSA) is 28.2 Å². The van der Waals surface area contributed by atoms with Crippen LogP contribution in [0.1, 0.15) is 18.4 Å². The van der Waals surface area contributed by atoms with E-state index in [1.165, 1.54) is 18.9 Å². The van der Waals surface area contributed by atoms with Gasteiger partial charge < -0.3 is 10.2 Å². The third kappa shape index (κ3) is 3.60. The van der Waals surface area contributed by atoms with Gasteiger partial charge in [0, 0.05) is 25.3 Å². The van der Waals surface area contributed by atoms with Gasteiger partial charge in [0.15, 0.2) is 0 Å². The first-order valence-corrected chi connectivity index (χ1v) is 5.94. The van der Waals surface area contributed by atoms with E-state index in [2.05, 4.69) is 22.2 Å². The van der Waals surface area contributed by atoms with E-state index in [4.69, 9.17) is 0 Å². The van der Waals surface area contributed by atoms with Crippen LogP contribution in [-0.2, 0) is 6.18 Å². The maximum atomic E-state index is 12.3. The van der Waals surface area contributed by atoms with E-state index in [9.17, 15) is 13.2 Å². The SMILES string of the molecule is CN(CCNc1ccc(C(F)(F)F)cn1)C1CC1. The van der Waals surface area contributed by atoms with Crippen molar-refractivity contribution in [3.63, 3.8) is 0 Å². The summed E-state index contributed by atoms with van der Waals surface area (Å²) in [6.45, 7) is 1.55. The number of nitrogens with one attached hydrogen (secondary N) is 1. The zero-order valence-electron chi connectivity index (χ0n) is 10.2. The van der Waals surface area contributed by atoms with Gasteiger partial charge in [0.05, 0.1) is 5.56 Å². The zero-order chi connectivity index (χ0) is 13.2. The molecule has 3 nitrogen and oxygen atoms in total. The fourth-order valence-electron chi connectivity index (χ4n) is 1.72. The van der Waals surface area contributed by atoms with E-state index in [0.29, 0.717) is 18.4 Å².